The Bertz CT molecular complexity index is 987. The van der Waals surface area contributed by atoms with Crippen molar-refractivity contribution in [2.45, 2.75) is 17.9 Å². The average molecular weight is 362 g/mol. The van der Waals surface area contributed by atoms with Crippen LogP contribution in [-0.2, 0) is 12.8 Å². The molecular formula is C18H14N6OS. The number of anilines is 1. The van der Waals surface area contributed by atoms with Gasteiger partial charge in [0.2, 0.25) is 5.95 Å². The van der Waals surface area contributed by atoms with Crippen molar-refractivity contribution in [3.63, 3.8) is 0 Å². The third-order valence-corrected chi connectivity index (χ3v) is 4.45. The molecule has 26 heavy (non-hydrogen) atoms. The first-order valence-electron chi connectivity index (χ1n) is 7.77. The quantitative estimate of drug-likeness (QED) is 0.524. The van der Waals surface area contributed by atoms with Crippen molar-refractivity contribution in [1.82, 2.24) is 15.0 Å². The summed E-state index contributed by atoms with van der Waals surface area (Å²) < 4.78 is 5.60. The summed E-state index contributed by atoms with van der Waals surface area (Å²) in [5.41, 5.74) is 7.43. The largest absolute Gasteiger partial charge is 0.458 e. The van der Waals surface area contributed by atoms with Gasteiger partial charge in [-0.2, -0.15) is 10.5 Å². The highest BCUT2D eigenvalue weighted by molar-refractivity contribution is 7.99. The Morgan fingerprint density at radius 3 is 2.77 bits per heavy atom. The molecule has 0 unspecified atom stereocenters. The number of aromatic nitrogens is 3. The van der Waals surface area contributed by atoms with Crippen molar-refractivity contribution >= 4 is 17.7 Å². The molecule has 3 aromatic rings. The molecule has 2 N–H and O–H groups in total. The van der Waals surface area contributed by atoms with Gasteiger partial charge in [0, 0.05) is 17.6 Å². The minimum Gasteiger partial charge on any atom is -0.458 e. The lowest BCUT2D eigenvalue weighted by Gasteiger charge is -2.07. The van der Waals surface area contributed by atoms with Gasteiger partial charge in [0.05, 0.1) is 12.5 Å². The molecule has 128 valence electrons. The van der Waals surface area contributed by atoms with Crippen LogP contribution in [-0.4, -0.2) is 20.7 Å². The zero-order valence-electron chi connectivity index (χ0n) is 13.7. The zero-order valence-corrected chi connectivity index (χ0v) is 14.5. The second-order valence-corrected chi connectivity index (χ2v) is 6.33. The number of nitrogens with two attached hydrogens (primary N) is 1. The van der Waals surface area contributed by atoms with Gasteiger partial charge >= 0.3 is 0 Å². The molecule has 3 rings (SSSR count). The summed E-state index contributed by atoms with van der Waals surface area (Å²) in [6, 6.07) is 13.3. The summed E-state index contributed by atoms with van der Waals surface area (Å²) in [4.78, 5) is 12.6. The lowest BCUT2D eigenvalue weighted by molar-refractivity contribution is 0.535. The highest BCUT2D eigenvalue weighted by Gasteiger charge is 2.18. The van der Waals surface area contributed by atoms with Crippen LogP contribution in [0.2, 0.25) is 0 Å². The van der Waals surface area contributed by atoms with Gasteiger partial charge in [0.1, 0.15) is 28.1 Å². The minimum absolute atomic E-state index is 0.0672. The van der Waals surface area contributed by atoms with E-state index < -0.39 is 0 Å². The Labute approximate surface area is 154 Å². The van der Waals surface area contributed by atoms with Crippen molar-refractivity contribution < 1.29 is 4.42 Å². The summed E-state index contributed by atoms with van der Waals surface area (Å²) >= 11 is 1.42. The van der Waals surface area contributed by atoms with Crippen molar-refractivity contribution in [3.05, 3.63) is 53.5 Å². The van der Waals surface area contributed by atoms with E-state index in [0.29, 0.717) is 33.6 Å². The molecule has 0 aliphatic heterocycles. The summed E-state index contributed by atoms with van der Waals surface area (Å²) in [5.74, 6) is 1.66. The molecule has 0 fully saturated rings. The summed E-state index contributed by atoms with van der Waals surface area (Å²) in [5, 5.41) is 18.9. The van der Waals surface area contributed by atoms with E-state index in [1.807, 2.05) is 24.3 Å². The van der Waals surface area contributed by atoms with Crippen LogP contribution in [0.25, 0.3) is 11.5 Å². The van der Waals surface area contributed by atoms with E-state index in [9.17, 15) is 5.26 Å². The second-order valence-electron chi connectivity index (χ2n) is 5.24. The molecule has 0 bridgehead atoms. The van der Waals surface area contributed by atoms with Crippen LogP contribution < -0.4 is 5.73 Å². The lowest BCUT2D eigenvalue weighted by Crippen LogP contribution is -2.03. The lowest BCUT2D eigenvalue weighted by atomic mass is 10.2. The van der Waals surface area contributed by atoms with E-state index in [4.69, 9.17) is 15.4 Å². The number of pyridine rings is 1. The van der Waals surface area contributed by atoms with E-state index >= 15 is 0 Å². The van der Waals surface area contributed by atoms with Gasteiger partial charge < -0.3 is 10.2 Å². The number of nitriles is 2. The fraction of sp³-hybridized carbons (Fsp3) is 0.167. The Morgan fingerprint density at radius 1 is 1.15 bits per heavy atom. The number of thioether (sulfide) groups is 1. The Balaban J connectivity index is 1.85. The molecule has 0 spiro atoms. The third-order valence-electron chi connectivity index (χ3n) is 3.48. The molecule has 0 saturated heterocycles. The second kappa shape index (κ2) is 8.15. The van der Waals surface area contributed by atoms with Crippen LogP contribution in [0, 0.1) is 22.7 Å². The van der Waals surface area contributed by atoms with Gasteiger partial charge in [-0.1, -0.05) is 6.07 Å². The smallest absolute Gasteiger partial charge is 0.221 e. The highest BCUT2D eigenvalue weighted by Crippen LogP contribution is 2.31. The number of hydrogen-bond acceptors (Lipinski definition) is 8. The Hall–Kier alpha value is -3.36. The monoisotopic (exact) mass is 362 g/mol. The standard InChI is InChI=1S/C18H14N6OS/c19-8-6-13-4-5-15(25-13)16-14(11-20)17(24-18(21)23-16)26-10-7-12-3-1-2-9-22-12/h1-5,9H,6-7,10H2,(H2,21,23,24). The third kappa shape index (κ3) is 4.00. The number of aryl methyl sites for hydroxylation is 1. The molecule has 0 aromatic carbocycles. The van der Waals surface area contributed by atoms with Crippen LogP contribution in [0.3, 0.4) is 0 Å². The first-order valence-corrected chi connectivity index (χ1v) is 8.76. The SMILES string of the molecule is N#CCc1ccc(-c2nc(N)nc(SCCc3ccccn3)c2C#N)o1. The van der Waals surface area contributed by atoms with E-state index in [2.05, 4.69) is 21.0 Å². The zero-order chi connectivity index (χ0) is 18.4. The van der Waals surface area contributed by atoms with Gasteiger partial charge in [-0.25, -0.2) is 9.97 Å². The van der Waals surface area contributed by atoms with Crippen LogP contribution >= 0.6 is 11.8 Å². The molecule has 0 aliphatic rings. The van der Waals surface area contributed by atoms with Crippen molar-refractivity contribution in [2.24, 2.45) is 0 Å². The van der Waals surface area contributed by atoms with Crippen LogP contribution in [0.5, 0.6) is 0 Å². The van der Waals surface area contributed by atoms with Gasteiger partial charge in [-0.15, -0.1) is 11.8 Å². The summed E-state index contributed by atoms with van der Waals surface area (Å²) in [6.45, 7) is 0. The Morgan fingerprint density at radius 2 is 2.04 bits per heavy atom. The van der Waals surface area contributed by atoms with Gasteiger partial charge in [0.15, 0.2) is 5.76 Å². The topological polar surface area (TPSA) is 125 Å². The number of furan rings is 1. The minimum atomic E-state index is 0.0672. The molecule has 0 saturated carbocycles. The van der Waals surface area contributed by atoms with Gasteiger partial charge in [-0.3, -0.25) is 4.98 Å². The molecule has 0 radical (unpaired) electrons. The maximum Gasteiger partial charge on any atom is 0.221 e. The first-order chi connectivity index (χ1) is 12.7. The Kier molecular flexibility index (Phi) is 5.47. The van der Waals surface area contributed by atoms with Crippen LogP contribution in [0.1, 0.15) is 17.0 Å². The van der Waals surface area contributed by atoms with E-state index in [0.717, 1.165) is 12.1 Å². The molecule has 8 heteroatoms. The van der Waals surface area contributed by atoms with Crippen LogP contribution in [0.4, 0.5) is 5.95 Å². The maximum absolute atomic E-state index is 9.59. The average Bonchev–Trinajstić information content (AvgIpc) is 3.11. The van der Waals surface area contributed by atoms with Gasteiger partial charge in [0.25, 0.3) is 0 Å². The number of nitrogen functional groups attached to an aromatic ring is 1. The number of rotatable bonds is 6. The fourth-order valence-corrected chi connectivity index (χ4v) is 3.27. The van der Waals surface area contributed by atoms with E-state index in [1.54, 1.807) is 18.3 Å². The van der Waals surface area contributed by atoms with E-state index in [1.165, 1.54) is 11.8 Å². The molecule has 0 amide bonds. The molecule has 0 aliphatic carbocycles. The molecule has 3 heterocycles. The molecule has 7 nitrogen and oxygen atoms in total. The summed E-state index contributed by atoms with van der Waals surface area (Å²) in [6.07, 6.45) is 2.63. The van der Waals surface area contributed by atoms with E-state index in [-0.39, 0.29) is 12.4 Å². The summed E-state index contributed by atoms with van der Waals surface area (Å²) in [7, 11) is 0. The predicted molar refractivity (Wildman–Crippen MR) is 96.8 cm³/mol. The molecular weight excluding hydrogens is 348 g/mol. The van der Waals surface area contributed by atoms with Crippen molar-refractivity contribution in [1.29, 1.82) is 10.5 Å². The maximum atomic E-state index is 9.59. The number of hydrogen-bond donors (Lipinski definition) is 1. The van der Waals surface area contributed by atoms with Crippen molar-refractivity contribution in [2.75, 3.05) is 11.5 Å². The molecule has 0 atom stereocenters. The predicted octanol–water partition coefficient (Wildman–Crippen LogP) is 2.99. The molecule has 3 aromatic heterocycles. The van der Waals surface area contributed by atoms with Crippen LogP contribution in [0.15, 0.2) is 46.0 Å². The fourth-order valence-electron chi connectivity index (χ4n) is 2.32. The van der Waals surface area contributed by atoms with Crippen molar-refractivity contribution in [3.8, 4) is 23.6 Å². The number of nitrogens with zero attached hydrogens (tertiary/aromatic N) is 5. The van der Waals surface area contributed by atoms with Gasteiger partial charge in [-0.05, 0) is 30.7 Å². The normalized spacial score (nSPS) is 10.2. The highest BCUT2D eigenvalue weighted by atomic mass is 32.2. The first kappa shape index (κ1) is 17.5.